The minimum Gasteiger partial charge on any atom is -0.376 e. The van der Waals surface area contributed by atoms with Crippen molar-refractivity contribution >= 4 is 22.8 Å². The van der Waals surface area contributed by atoms with Gasteiger partial charge in [0.2, 0.25) is 0 Å². The Balaban J connectivity index is 1.73. The molecule has 0 N–H and O–H groups in total. The standard InChI is InChI=1S/C23H20ClFN4O3/c24-16-7-9-17(10-8-16)29-21-20(22(30)28(23(29)31)13-18-5-3-11-32-18)27(14-26-21)12-15-4-1-2-6-19(15)25/h1-2,4,6-10,14,18H,3,5,11-13H2/t18-/m0/s1. The summed E-state index contributed by atoms with van der Waals surface area (Å²) in [7, 11) is 0. The lowest BCUT2D eigenvalue weighted by Gasteiger charge is -2.15. The molecule has 164 valence electrons. The van der Waals surface area contributed by atoms with Gasteiger partial charge in [0.1, 0.15) is 5.82 Å². The molecule has 2 aromatic heterocycles. The quantitative estimate of drug-likeness (QED) is 0.463. The average Bonchev–Trinajstić information content (AvgIpc) is 3.44. The second kappa shape index (κ2) is 8.37. The molecule has 32 heavy (non-hydrogen) atoms. The fourth-order valence-electron chi connectivity index (χ4n) is 4.09. The molecule has 0 spiro atoms. The fourth-order valence-corrected chi connectivity index (χ4v) is 4.21. The number of hydrogen-bond acceptors (Lipinski definition) is 4. The van der Waals surface area contributed by atoms with Crippen molar-refractivity contribution in [3.63, 3.8) is 0 Å². The number of hydrogen-bond donors (Lipinski definition) is 0. The summed E-state index contributed by atoms with van der Waals surface area (Å²) >= 11 is 6.02. The molecular formula is C23H20ClFN4O3. The molecule has 1 fully saturated rings. The van der Waals surface area contributed by atoms with Crippen molar-refractivity contribution < 1.29 is 9.13 Å². The number of fused-ring (bicyclic) bond motifs is 1. The van der Waals surface area contributed by atoms with Crippen LogP contribution in [0.1, 0.15) is 18.4 Å². The molecule has 0 radical (unpaired) electrons. The predicted octanol–water partition coefficient (Wildman–Crippen LogP) is 3.37. The maximum absolute atomic E-state index is 14.3. The van der Waals surface area contributed by atoms with Gasteiger partial charge in [-0.25, -0.2) is 18.7 Å². The van der Waals surface area contributed by atoms with E-state index in [1.165, 1.54) is 21.5 Å². The molecule has 7 nitrogen and oxygen atoms in total. The number of aromatic nitrogens is 4. The van der Waals surface area contributed by atoms with Crippen LogP contribution in [-0.2, 0) is 17.8 Å². The first kappa shape index (κ1) is 20.7. The van der Waals surface area contributed by atoms with Crippen LogP contribution in [0.2, 0.25) is 5.02 Å². The first-order valence-electron chi connectivity index (χ1n) is 10.3. The average molecular weight is 455 g/mol. The second-order valence-corrected chi connectivity index (χ2v) is 8.22. The van der Waals surface area contributed by atoms with E-state index in [0.717, 1.165) is 12.8 Å². The van der Waals surface area contributed by atoms with Crippen molar-refractivity contribution in [1.82, 2.24) is 18.7 Å². The van der Waals surface area contributed by atoms with E-state index in [1.54, 1.807) is 47.0 Å². The molecule has 1 aliphatic rings. The highest BCUT2D eigenvalue weighted by atomic mass is 35.5. The molecule has 0 bridgehead atoms. The van der Waals surface area contributed by atoms with Gasteiger partial charge in [-0.1, -0.05) is 29.8 Å². The highest BCUT2D eigenvalue weighted by Crippen LogP contribution is 2.19. The van der Waals surface area contributed by atoms with Crippen LogP contribution in [0.5, 0.6) is 0 Å². The van der Waals surface area contributed by atoms with E-state index in [0.29, 0.717) is 22.9 Å². The van der Waals surface area contributed by atoms with E-state index in [4.69, 9.17) is 16.3 Å². The maximum Gasteiger partial charge on any atom is 0.337 e. The van der Waals surface area contributed by atoms with Crippen LogP contribution >= 0.6 is 11.6 Å². The fraction of sp³-hybridized carbons (Fsp3) is 0.261. The van der Waals surface area contributed by atoms with E-state index in [2.05, 4.69) is 4.98 Å². The van der Waals surface area contributed by atoms with Gasteiger partial charge in [0.15, 0.2) is 11.2 Å². The smallest absolute Gasteiger partial charge is 0.337 e. The Kier molecular flexibility index (Phi) is 5.40. The molecule has 0 aliphatic carbocycles. The Morgan fingerprint density at radius 3 is 2.62 bits per heavy atom. The molecular weight excluding hydrogens is 435 g/mol. The summed E-state index contributed by atoms with van der Waals surface area (Å²) < 4.78 is 24.1. The zero-order valence-electron chi connectivity index (χ0n) is 17.1. The molecule has 1 aliphatic heterocycles. The van der Waals surface area contributed by atoms with Crippen molar-refractivity contribution in [3.8, 4) is 5.69 Å². The van der Waals surface area contributed by atoms with Crippen molar-refractivity contribution in [2.24, 2.45) is 0 Å². The van der Waals surface area contributed by atoms with Crippen molar-refractivity contribution in [2.45, 2.75) is 32.0 Å². The second-order valence-electron chi connectivity index (χ2n) is 7.78. The molecule has 4 aromatic rings. The minimum atomic E-state index is -0.503. The van der Waals surface area contributed by atoms with Crippen molar-refractivity contribution in [3.05, 3.63) is 92.1 Å². The summed E-state index contributed by atoms with van der Waals surface area (Å²) in [6.07, 6.45) is 2.91. The first-order chi connectivity index (χ1) is 15.5. The number of imidazole rings is 1. The number of nitrogens with zero attached hydrogens (tertiary/aromatic N) is 4. The van der Waals surface area contributed by atoms with Gasteiger partial charge in [-0.2, -0.15) is 0 Å². The third kappa shape index (κ3) is 3.65. The Morgan fingerprint density at radius 2 is 1.91 bits per heavy atom. The third-order valence-electron chi connectivity index (χ3n) is 5.69. The molecule has 3 heterocycles. The lowest BCUT2D eigenvalue weighted by atomic mass is 10.2. The van der Waals surface area contributed by atoms with Gasteiger partial charge in [-0.05, 0) is 43.2 Å². The summed E-state index contributed by atoms with van der Waals surface area (Å²) in [4.78, 5) is 31.2. The Bertz CT molecular complexity index is 1400. The number of benzene rings is 2. The summed E-state index contributed by atoms with van der Waals surface area (Å²) in [6.45, 7) is 0.863. The Labute approximate surface area is 187 Å². The topological polar surface area (TPSA) is 71.0 Å². The summed E-state index contributed by atoms with van der Waals surface area (Å²) in [6, 6.07) is 13.1. The van der Waals surface area contributed by atoms with Crippen LogP contribution in [0.15, 0.2) is 64.4 Å². The number of halogens is 2. The van der Waals surface area contributed by atoms with Crippen LogP contribution in [-0.4, -0.2) is 31.4 Å². The predicted molar refractivity (Wildman–Crippen MR) is 119 cm³/mol. The zero-order valence-corrected chi connectivity index (χ0v) is 17.8. The van der Waals surface area contributed by atoms with Crippen LogP contribution in [0.4, 0.5) is 4.39 Å². The van der Waals surface area contributed by atoms with Crippen LogP contribution in [0.3, 0.4) is 0 Å². The highest BCUT2D eigenvalue weighted by Gasteiger charge is 2.23. The van der Waals surface area contributed by atoms with E-state index < -0.39 is 11.2 Å². The molecule has 1 saturated heterocycles. The Morgan fingerprint density at radius 1 is 1.12 bits per heavy atom. The lowest BCUT2D eigenvalue weighted by Crippen LogP contribution is -2.42. The summed E-state index contributed by atoms with van der Waals surface area (Å²) in [5, 5.41) is 0.524. The van der Waals surface area contributed by atoms with E-state index in [-0.39, 0.29) is 36.2 Å². The lowest BCUT2D eigenvalue weighted by molar-refractivity contribution is 0.0950. The molecule has 0 saturated carbocycles. The molecule has 9 heteroatoms. The molecule has 0 amide bonds. The van der Waals surface area contributed by atoms with E-state index >= 15 is 0 Å². The van der Waals surface area contributed by atoms with Gasteiger partial charge >= 0.3 is 5.69 Å². The zero-order chi connectivity index (χ0) is 22.2. The van der Waals surface area contributed by atoms with Crippen LogP contribution < -0.4 is 11.2 Å². The van der Waals surface area contributed by atoms with Gasteiger partial charge in [0, 0.05) is 17.2 Å². The normalized spacial score (nSPS) is 16.1. The largest absolute Gasteiger partial charge is 0.376 e. The maximum atomic E-state index is 14.3. The highest BCUT2D eigenvalue weighted by molar-refractivity contribution is 6.30. The number of ether oxygens (including phenoxy) is 1. The number of rotatable bonds is 5. The van der Waals surface area contributed by atoms with Crippen LogP contribution in [0, 0.1) is 5.82 Å². The Hall–Kier alpha value is -3.23. The monoisotopic (exact) mass is 454 g/mol. The minimum absolute atomic E-state index is 0.108. The van der Waals surface area contributed by atoms with Gasteiger partial charge in [0.25, 0.3) is 5.56 Å². The van der Waals surface area contributed by atoms with E-state index in [1.807, 2.05) is 0 Å². The third-order valence-corrected chi connectivity index (χ3v) is 5.95. The van der Waals surface area contributed by atoms with Crippen molar-refractivity contribution in [1.29, 1.82) is 0 Å². The molecule has 1 atom stereocenters. The summed E-state index contributed by atoms with van der Waals surface area (Å²) in [5.74, 6) is -0.375. The van der Waals surface area contributed by atoms with E-state index in [9.17, 15) is 14.0 Å². The van der Waals surface area contributed by atoms with Gasteiger partial charge < -0.3 is 9.30 Å². The van der Waals surface area contributed by atoms with Gasteiger partial charge in [0.05, 0.1) is 31.2 Å². The van der Waals surface area contributed by atoms with Crippen molar-refractivity contribution in [2.75, 3.05) is 6.61 Å². The van der Waals surface area contributed by atoms with Crippen LogP contribution in [0.25, 0.3) is 16.9 Å². The SMILES string of the molecule is O=c1c2c(ncn2Cc2ccccc2F)n(-c2ccc(Cl)cc2)c(=O)n1C[C@@H]1CCCO1. The molecule has 2 aromatic carbocycles. The van der Waals surface area contributed by atoms with Gasteiger partial charge in [-0.15, -0.1) is 0 Å². The van der Waals surface area contributed by atoms with Gasteiger partial charge in [-0.3, -0.25) is 9.36 Å². The summed E-state index contributed by atoms with van der Waals surface area (Å²) in [5.41, 5.74) is 0.404. The first-order valence-corrected chi connectivity index (χ1v) is 10.7. The molecule has 0 unspecified atom stereocenters. The molecule has 5 rings (SSSR count).